The number of para-hydroxylation sites is 3. The topological polar surface area (TPSA) is 54.0 Å². The first-order valence-electron chi connectivity index (χ1n) is 9.30. The van der Waals surface area contributed by atoms with Crippen LogP contribution in [0.3, 0.4) is 0 Å². The second-order valence-corrected chi connectivity index (χ2v) is 6.57. The van der Waals surface area contributed by atoms with E-state index in [0.717, 1.165) is 45.1 Å². The number of carbonyl (C=O) groups is 1. The highest BCUT2D eigenvalue weighted by molar-refractivity contribution is 5.93. The van der Waals surface area contributed by atoms with E-state index in [1.54, 1.807) is 7.11 Å². The second-order valence-electron chi connectivity index (χ2n) is 6.57. The summed E-state index contributed by atoms with van der Waals surface area (Å²) in [6, 6.07) is 17.1. The van der Waals surface area contributed by atoms with Gasteiger partial charge in [0.1, 0.15) is 5.75 Å². The Hall–Kier alpha value is -2.41. The lowest BCUT2D eigenvalue weighted by atomic mass is 10.2. The zero-order chi connectivity index (χ0) is 18.9. The van der Waals surface area contributed by atoms with Crippen LogP contribution in [0.1, 0.15) is 0 Å². The SMILES string of the molecule is COCCN1CCN(CC(=O)Nc2ccccc2Oc2ccccc2)CC1. The molecule has 0 radical (unpaired) electrons. The standard InChI is InChI=1S/C21H27N3O3/c1-26-16-15-23-11-13-24(14-12-23)17-21(25)22-19-9-5-6-10-20(19)27-18-7-3-2-4-8-18/h2-10H,11-17H2,1H3,(H,22,25). The summed E-state index contributed by atoms with van der Waals surface area (Å²) in [5, 5.41) is 2.98. The number of ether oxygens (including phenoxy) is 2. The third-order valence-electron chi connectivity index (χ3n) is 4.58. The summed E-state index contributed by atoms with van der Waals surface area (Å²) in [6.45, 7) is 5.78. The highest BCUT2D eigenvalue weighted by Crippen LogP contribution is 2.29. The monoisotopic (exact) mass is 369 g/mol. The number of carbonyl (C=O) groups excluding carboxylic acids is 1. The zero-order valence-corrected chi connectivity index (χ0v) is 15.8. The molecule has 0 spiro atoms. The number of hydrogen-bond donors (Lipinski definition) is 1. The maximum absolute atomic E-state index is 12.5. The highest BCUT2D eigenvalue weighted by atomic mass is 16.5. The molecule has 3 rings (SSSR count). The lowest BCUT2D eigenvalue weighted by molar-refractivity contribution is -0.117. The fourth-order valence-corrected chi connectivity index (χ4v) is 3.06. The summed E-state index contributed by atoms with van der Waals surface area (Å²) in [5.74, 6) is 1.36. The molecular weight excluding hydrogens is 342 g/mol. The molecule has 0 unspecified atom stereocenters. The number of methoxy groups -OCH3 is 1. The molecule has 1 N–H and O–H groups in total. The van der Waals surface area contributed by atoms with Gasteiger partial charge >= 0.3 is 0 Å². The lowest BCUT2D eigenvalue weighted by Crippen LogP contribution is -2.49. The molecule has 27 heavy (non-hydrogen) atoms. The minimum absolute atomic E-state index is 0.0237. The van der Waals surface area contributed by atoms with Gasteiger partial charge < -0.3 is 14.8 Å². The minimum atomic E-state index is -0.0237. The van der Waals surface area contributed by atoms with Crippen LogP contribution in [-0.2, 0) is 9.53 Å². The Morgan fingerprint density at radius 3 is 2.37 bits per heavy atom. The maximum Gasteiger partial charge on any atom is 0.238 e. The Kier molecular flexibility index (Phi) is 7.21. The van der Waals surface area contributed by atoms with Crippen molar-refractivity contribution in [2.75, 3.05) is 58.3 Å². The molecule has 1 aliphatic heterocycles. The van der Waals surface area contributed by atoms with Crippen molar-refractivity contribution in [3.05, 3.63) is 54.6 Å². The van der Waals surface area contributed by atoms with E-state index in [-0.39, 0.29) is 5.91 Å². The average molecular weight is 369 g/mol. The van der Waals surface area contributed by atoms with Gasteiger partial charge in [-0.2, -0.15) is 0 Å². The van der Waals surface area contributed by atoms with Crippen LogP contribution in [0.25, 0.3) is 0 Å². The van der Waals surface area contributed by atoms with Gasteiger partial charge in [0.2, 0.25) is 5.91 Å². The molecule has 1 aliphatic rings. The molecule has 1 fully saturated rings. The van der Waals surface area contributed by atoms with Gasteiger partial charge in [-0.25, -0.2) is 0 Å². The minimum Gasteiger partial charge on any atom is -0.455 e. The number of amides is 1. The first kappa shape index (κ1) is 19.4. The number of nitrogens with zero attached hydrogens (tertiary/aromatic N) is 2. The molecule has 144 valence electrons. The van der Waals surface area contributed by atoms with Crippen LogP contribution in [0, 0.1) is 0 Å². The molecule has 6 heteroatoms. The van der Waals surface area contributed by atoms with Gasteiger partial charge in [0.25, 0.3) is 0 Å². The molecule has 0 bridgehead atoms. The van der Waals surface area contributed by atoms with Gasteiger partial charge in [-0.1, -0.05) is 30.3 Å². The molecule has 1 heterocycles. The second kappa shape index (κ2) is 10.1. The van der Waals surface area contributed by atoms with Crippen molar-refractivity contribution in [2.45, 2.75) is 0 Å². The van der Waals surface area contributed by atoms with E-state index >= 15 is 0 Å². The Morgan fingerprint density at radius 2 is 1.63 bits per heavy atom. The van der Waals surface area contributed by atoms with Gasteiger partial charge in [0, 0.05) is 39.8 Å². The first-order valence-corrected chi connectivity index (χ1v) is 9.30. The van der Waals surface area contributed by atoms with Crippen LogP contribution in [0.5, 0.6) is 11.5 Å². The summed E-state index contributed by atoms with van der Waals surface area (Å²) < 4.78 is 11.0. The van der Waals surface area contributed by atoms with Crippen LogP contribution < -0.4 is 10.1 Å². The third kappa shape index (κ3) is 6.06. The van der Waals surface area contributed by atoms with Gasteiger partial charge in [-0.05, 0) is 24.3 Å². The van der Waals surface area contributed by atoms with Gasteiger partial charge in [0.05, 0.1) is 18.8 Å². The summed E-state index contributed by atoms with van der Waals surface area (Å²) in [5.41, 5.74) is 0.685. The molecule has 2 aromatic rings. The van der Waals surface area contributed by atoms with Crippen LogP contribution in [0.4, 0.5) is 5.69 Å². The normalized spacial score (nSPS) is 15.4. The summed E-state index contributed by atoms with van der Waals surface area (Å²) in [6.07, 6.45) is 0. The smallest absolute Gasteiger partial charge is 0.238 e. The van der Waals surface area contributed by atoms with Crippen LogP contribution in [0.2, 0.25) is 0 Å². The van der Waals surface area contributed by atoms with E-state index in [9.17, 15) is 4.79 Å². The van der Waals surface area contributed by atoms with Crippen molar-refractivity contribution in [2.24, 2.45) is 0 Å². The average Bonchev–Trinajstić information content (AvgIpc) is 2.70. The van der Waals surface area contributed by atoms with Gasteiger partial charge in [0.15, 0.2) is 5.75 Å². The van der Waals surface area contributed by atoms with Crippen molar-refractivity contribution < 1.29 is 14.3 Å². The highest BCUT2D eigenvalue weighted by Gasteiger charge is 2.19. The van der Waals surface area contributed by atoms with Crippen molar-refractivity contribution in [1.82, 2.24) is 9.80 Å². The molecule has 0 saturated carbocycles. The molecule has 1 saturated heterocycles. The van der Waals surface area contributed by atoms with E-state index in [1.807, 2.05) is 54.6 Å². The van der Waals surface area contributed by atoms with E-state index in [4.69, 9.17) is 9.47 Å². The molecule has 0 aromatic heterocycles. The van der Waals surface area contributed by atoms with Crippen LogP contribution in [0.15, 0.2) is 54.6 Å². The van der Waals surface area contributed by atoms with Crippen LogP contribution >= 0.6 is 0 Å². The number of rotatable bonds is 8. The molecule has 0 aliphatic carbocycles. The first-order chi connectivity index (χ1) is 13.2. The van der Waals surface area contributed by atoms with Gasteiger partial charge in [-0.3, -0.25) is 14.6 Å². The number of nitrogens with one attached hydrogen (secondary N) is 1. The summed E-state index contributed by atoms with van der Waals surface area (Å²) in [7, 11) is 1.72. The number of benzene rings is 2. The predicted molar refractivity (Wildman–Crippen MR) is 106 cm³/mol. The Bertz CT molecular complexity index is 716. The van der Waals surface area contributed by atoms with E-state index in [2.05, 4.69) is 15.1 Å². The fourth-order valence-electron chi connectivity index (χ4n) is 3.06. The van der Waals surface area contributed by atoms with E-state index in [1.165, 1.54) is 0 Å². The zero-order valence-electron chi connectivity index (χ0n) is 15.8. The van der Waals surface area contributed by atoms with Crippen molar-refractivity contribution in [3.63, 3.8) is 0 Å². The number of piperazine rings is 1. The molecular formula is C21H27N3O3. The number of anilines is 1. The van der Waals surface area contributed by atoms with E-state index in [0.29, 0.717) is 18.0 Å². The Labute approximate surface area is 160 Å². The lowest BCUT2D eigenvalue weighted by Gasteiger charge is -2.34. The Balaban J connectivity index is 1.51. The van der Waals surface area contributed by atoms with Crippen molar-refractivity contribution in [1.29, 1.82) is 0 Å². The summed E-state index contributed by atoms with van der Waals surface area (Å²) in [4.78, 5) is 17.0. The van der Waals surface area contributed by atoms with Crippen molar-refractivity contribution in [3.8, 4) is 11.5 Å². The fraction of sp³-hybridized carbons (Fsp3) is 0.381. The Morgan fingerprint density at radius 1 is 0.963 bits per heavy atom. The molecule has 2 aromatic carbocycles. The largest absolute Gasteiger partial charge is 0.455 e. The number of hydrogen-bond acceptors (Lipinski definition) is 5. The predicted octanol–water partition coefficient (Wildman–Crippen LogP) is 2.68. The summed E-state index contributed by atoms with van der Waals surface area (Å²) >= 11 is 0. The van der Waals surface area contributed by atoms with E-state index < -0.39 is 0 Å². The van der Waals surface area contributed by atoms with Crippen LogP contribution in [-0.4, -0.2) is 68.7 Å². The maximum atomic E-state index is 12.5. The molecule has 6 nitrogen and oxygen atoms in total. The third-order valence-corrected chi connectivity index (χ3v) is 4.58. The van der Waals surface area contributed by atoms with Gasteiger partial charge in [-0.15, -0.1) is 0 Å². The quantitative estimate of drug-likeness (QED) is 0.775. The molecule has 0 atom stereocenters. The molecule has 1 amide bonds. The van der Waals surface area contributed by atoms with Crippen molar-refractivity contribution >= 4 is 11.6 Å².